The van der Waals surface area contributed by atoms with Gasteiger partial charge in [0.1, 0.15) is 10.6 Å². The first-order valence-corrected chi connectivity index (χ1v) is 9.51. The Labute approximate surface area is 137 Å². The molecule has 2 aromatic rings. The molecule has 114 valence electrons. The van der Waals surface area contributed by atoms with E-state index in [1.807, 2.05) is 23.8 Å². The molecule has 0 aliphatic rings. The maximum atomic E-state index is 12.5. The lowest BCUT2D eigenvalue weighted by molar-refractivity contribution is 0.402. The minimum Gasteiger partial charge on any atom is -0.495 e. The zero-order chi connectivity index (χ0) is 15.5. The summed E-state index contributed by atoms with van der Waals surface area (Å²) >= 11 is 4.89. The second-order valence-electron chi connectivity index (χ2n) is 4.65. The fourth-order valence-electron chi connectivity index (χ4n) is 1.99. The van der Waals surface area contributed by atoms with Crippen LogP contribution in [-0.4, -0.2) is 21.6 Å². The molecule has 0 aliphatic heterocycles. The molecule has 0 saturated heterocycles. The average Bonchev–Trinajstić information content (AvgIpc) is 2.90. The van der Waals surface area contributed by atoms with Gasteiger partial charge in [-0.15, -0.1) is 0 Å². The molecule has 1 aromatic heterocycles. The van der Waals surface area contributed by atoms with Gasteiger partial charge in [-0.2, -0.15) is 11.3 Å². The van der Waals surface area contributed by atoms with E-state index in [4.69, 9.17) is 4.74 Å². The van der Waals surface area contributed by atoms with Crippen LogP contribution in [0.15, 0.2) is 44.4 Å². The van der Waals surface area contributed by atoms with Crippen molar-refractivity contribution in [3.05, 3.63) is 45.1 Å². The molecule has 0 radical (unpaired) electrons. The van der Waals surface area contributed by atoms with Crippen molar-refractivity contribution in [1.29, 1.82) is 0 Å². The molecule has 4 nitrogen and oxygen atoms in total. The van der Waals surface area contributed by atoms with Gasteiger partial charge in [0.15, 0.2) is 0 Å². The average molecular weight is 390 g/mol. The predicted molar refractivity (Wildman–Crippen MR) is 88.5 cm³/mol. The van der Waals surface area contributed by atoms with Gasteiger partial charge in [0, 0.05) is 10.5 Å². The fourth-order valence-corrected chi connectivity index (χ4v) is 4.63. The highest BCUT2D eigenvalue weighted by atomic mass is 79.9. The van der Waals surface area contributed by atoms with Gasteiger partial charge in [-0.05, 0) is 53.9 Å². The van der Waals surface area contributed by atoms with Gasteiger partial charge in [0.25, 0.3) is 0 Å². The number of sulfonamides is 1. The maximum absolute atomic E-state index is 12.5. The number of halogens is 1. The zero-order valence-electron chi connectivity index (χ0n) is 11.7. The maximum Gasteiger partial charge on any atom is 0.244 e. The normalized spacial score (nSPS) is 13.1. The lowest BCUT2D eigenvalue weighted by atomic mass is 10.1. The first-order chi connectivity index (χ1) is 9.92. The SMILES string of the molecule is COc1ccc(Br)cc1S(=O)(=O)NC(C)Cc1ccsc1. The second-order valence-corrected chi connectivity index (χ2v) is 8.03. The van der Waals surface area contributed by atoms with Crippen molar-refractivity contribution in [2.24, 2.45) is 0 Å². The van der Waals surface area contributed by atoms with E-state index >= 15 is 0 Å². The molecule has 1 heterocycles. The summed E-state index contributed by atoms with van der Waals surface area (Å²) in [5.41, 5.74) is 1.12. The van der Waals surface area contributed by atoms with Crippen LogP contribution in [-0.2, 0) is 16.4 Å². The first kappa shape index (κ1) is 16.5. The van der Waals surface area contributed by atoms with Gasteiger partial charge >= 0.3 is 0 Å². The standard InChI is InChI=1S/C14H16BrNO3S2/c1-10(7-11-5-6-20-9-11)16-21(17,18)14-8-12(15)3-4-13(14)19-2/h3-6,8-10,16H,7H2,1-2H3. The molecular formula is C14H16BrNO3S2. The number of ether oxygens (including phenoxy) is 1. The van der Waals surface area contributed by atoms with E-state index in [1.54, 1.807) is 29.5 Å². The second kappa shape index (κ2) is 6.91. The van der Waals surface area contributed by atoms with Gasteiger partial charge in [-0.1, -0.05) is 15.9 Å². The third-order valence-corrected chi connectivity index (χ3v) is 5.73. The summed E-state index contributed by atoms with van der Waals surface area (Å²) in [4.78, 5) is 0.136. The Kier molecular flexibility index (Phi) is 5.43. The molecule has 0 fully saturated rings. The largest absolute Gasteiger partial charge is 0.495 e. The number of thiophene rings is 1. The molecule has 1 N–H and O–H groups in total. The molecular weight excluding hydrogens is 374 g/mol. The molecule has 2 rings (SSSR count). The quantitative estimate of drug-likeness (QED) is 0.822. The molecule has 1 atom stereocenters. The number of methoxy groups -OCH3 is 1. The van der Waals surface area contributed by atoms with E-state index < -0.39 is 10.0 Å². The minimum absolute atomic E-state index is 0.136. The van der Waals surface area contributed by atoms with Gasteiger partial charge in [-0.25, -0.2) is 13.1 Å². The Morgan fingerprint density at radius 3 is 2.76 bits per heavy atom. The molecule has 7 heteroatoms. The van der Waals surface area contributed by atoms with E-state index in [-0.39, 0.29) is 10.9 Å². The Balaban J connectivity index is 2.20. The summed E-state index contributed by atoms with van der Waals surface area (Å²) in [6, 6.07) is 6.70. The molecule has 0 amide bonds. The van der Waals surface area contributed by atoms with Crippen LogP contribution in [0.3, 0.4) is 0 Å². The monoisotopic (exact) mass is 389 g/mol. The van der Waals surface area contributed by atoms with Crippen LogP contribution in [0.5, 0.6) is 5.75 Å². The lowest BCUT2D eigenvalue weighted by Crippen LogP contribution is -2.34. The van der Waals surface area contributed by atoms with Crippen LogP contribution < -0.4 is 9.46 Å². The van der Waals surface area contributed by atoms with Crippen molar-refractivity contribution < 1.29 is 13.2 Å². The Morgan fingerprint density at radius 1 is 1.38 bits per heavy atom. The molecule has 1 aromatic carbocycles. The van der Waals surface area contributed by atoms with Crippen molar-refractivity contribution in [3.63, 3.8) is 0 Å². The van der Waals surface area contributed by atoms with Crippen molar-refractivity contribution in [2.45, 2.75) is 24.3 Å². The van der Waals surface area contributed by atoms with Crippen LogP contribution >= 0.6 is 27.3 Å². The summed E-state index contributed by atoms with van der Waals surface area (Å²) in [6.07, 6.45) is 0.652. The van der Waals surface area contributed by atoms with Crippen LogP contribution in [0, 0.1) is 0 Å². The molecule has 0 saturated carbocycles. The van der Waals surface area contributed by atoms with Crippen molar-refractivity contribution >= 4 is 37.3 Å². The molecule has 0 bridgehead atoms. The van der Waals surface area contributed by atoms with E-state index in [0.29, 0.717) is 16.6 Å². The van der Waals surface area contributed by atoms with Crippen LogP contribution in [0.25, 0.3) is 0 Å². The Hall–Kier alpha value is -0.890. The van der Waals surface area contributed by atoms with Crippen LogP contribution in [0.1, 0.15) is 12.5 Å². The van der Waals surface area contributed by atoms with Gasteiger partial charge in [0.05, 0.1) is 7.11 Å². The highest BCUT2D eigenvalue weighted by molar-refractivity contribution is 9.10. The molecule has 21 heavy (non-hydrogen) atoms. The van der Waals surface area contributed by atoms with Crippen molar-refractivity contribution in [1.82, 2.24) is 4.72 Å². The number of nitrogens with one attached hydrogen (secondary N) is 1. The predicted octanol–water partition coefficient (Wildman–Crippen LogP) is 3.43. The van der Waals surface area contributed by atoms with Gasteiger partial charge in [-0.3, -0.25) is 0 Å². The first-order valence-electron chi connectivity index (χ1n) is 6.29. The molecule has 0 aliphatic carbocycles. The minimum atomic E-state index is -3.63. The van der Waals surface area contributed by atoms with Crippen LogP contribution in [0.2, 0.25) is 0 Å². The summed E-state index contributed by atoms with van der Waals surface area (Å²) in [5, 5.41) is 4.00. The highest BCUT2D eigenvalue weighted by Gasteiger charge is 2.22. The third-order valence-electron chi connectivity index (χ3n) is 2.89. The van der Waals surface area contributed by atoms with E-state index in [0.717, 1.165) is 5.56 Å². The molecule has 0 spiro atoms. The number of hydrogen-bond acceptors (Lipinski definition) is 4. The Morgan fingerprint density at radius 2 is 2.14 bits per heavy atom. The number of hydrogen-bond donors (Lipinski definition) is 1. The summed E-state index contributed by atoms with van der Waals surface area (Å²) in [5.74, 6) is 0.327. The van der Waals surface area contributed by atoms with Gasteiger partial charge < -0.3 is 4.74 Å². The molecule has 1 unspecified atom stereocenters. The van der Waals surface area contributed by atoms with Crippen LogP contribution in [0.4, 0.5) is 0 Å². The summed E-state index contributed by atoms with van der Waals surface area (Å²) in [7, 11) is -2.17. The van der Waals surface area contributed by atoms with Crippen molar-refractivity contribution in [3.8, 4) is 5.75 Å². The highest BCUT2D eigenvalue weighted by Crippen LogP contribution is 2.27. The van der Waals surface area contributed by atoms with E-state index in [2.05, 4.69) is 20.7 Å². The smallest absolute Gasteiger partial charge is 0.244 e. The lowest BCUT2D eigenvalue weighted by Gasteiger charge is -2.15. The number of benzene rings is 1. The zero-order valence-corrected chi connectivity index (χ0v) is 14.9. The number of rotatable bonds is 6. The fraction of sp³-hybridized carbons (Fsp3) is 0.286. The van der Waals surface area contributed by atoms with E-state index in [1.165, 1.54) is 7.11 Å². The summed E-state index contributed by atoms with van der Waals surface area (Å²) < 4.78 is 33.5. The van der Waals surface area contributed by atoms with Gasteiger partial charge in [0.2, 0.25) is 10.0 Å². The van der Waals surface area contributed by atoms with E-state index in [9.17, 15) is 8.42 Å². The summed E-state index contributed by atoms with van der Waals surface area (Å²) in [6.45, 7) is 1.85. The third kappa shape index (κ3) is 4.29. The van der Waals surface area contributed by atoms with Crippen molar-refractivity contribution in [2.75, 3.05) is 7.11 Å². The Bertz CT molecular complexity index is 699. The topological polar surface area (TPSA) is 55.4 Å².